The highest BCUT2D eigenvalue weighted by Gasteiger charge is 2.25. The van der Waals surface area contributed by atoms with Crippen LogP contribution in [0, 0.1) is 11.8 Å². The number of carbonyl (C=O) groups is 2. The normalized spacial score (nSPS) is 17.6. The van der Waals surface area contributed by atoms with Gasteiger partial charge in [0.1, 0.15) is 0 Å². The van der Waals surface area contributed by atoms with Crippen LogP contribution in [0.25, 0.3) is 0 Å². The van der Waals surface area contributed by atoms with Crippen molar-refractivity contribution < 1.29 is 22.7 Å². The van der Waals surface area contributed by atoms with E-state index in [2.05, 4.69) is 0 Å². The average molecular weight is 320 g/mol. The number of sulfonamides is 1. The second-order valence-corrected chi connectivity index (χ2v) is 7.41. The van der Waals surface area contributed by atoms with Gasteiger partial charge in [0.05, 0.1) is 19.0 Å². The van der Waals surface area contributed by atoms with Gasteiger partial charge in [-0.3, -0.25) is 14.3 Å². The van der Waals surface area contributed by atoms with E-state index < -0.39 is 27.8 Å². The van der Waals surface area contributed by atoms with Crippen molar-refractivity contribution in [2.75, 3.05) is 32.1 Å². The fourth-order valence-electron chi connectivity index (χ4n) is 1.87. The molecule has 1 N–H and O–H groups in total. The first-order chi connectivity index (χ1) is 9.73. The molecule has 0 aliphatic carbocycles. The molecule has 8 heteroatoms. The van der Waals surface area contributed by atoms with Crippen molar-refractivity contribution in [3.63, 3.8) is 0 Å². The first-order valence-corrected chi connectivity index (χ1v) is 8.79. The SMILES string of the molecule is CC(C)C(=O)NS(=O)(=O)CCC(C)C(=O)N1CCOCC1. The number of amides is 2. The smallest absolute Gasteiger partial charge is 0.235 e. The fraction of sp³-hybridized carbons (Fsp3) is 0.846. The molecule has 0 bridgehead atoms. The summed E-state index contributed by atoms with van der Waals surface area (Å²) in [6, 6.07) is 0. The van der Waals surface area contributed by atoms with E-state index >= 15 is 0 Å². The summed E-state index contributed by atoms with van der Waals surface area (Å²) in [7, 11) is -3.68. The van der Waals surface area contributed by atoms with Crippen LogP contribution in [0.2, 0.25) is 0 Å². The number of nitrogens with one attached hydrogen (secondary N) is 1. The Hall–Kier alpha value is -1.15. The van der Waals surface area contributed by atoms with Crippen molar-refractivity contribution in [1.82, 2.24) is 9.62 Å². The van der Waals surface area contributed by atoms with Gasteiger partial charge in [-0.1, -0.05) is 20.8 Å². The number of morpholine rings is 1. The standard InChI is InChI=1S/C13H24N2O5S/c1-10(2)12(16)14-21(18,19)9-4-11(3)13(17)15-5-7-20-8-6-15/h10-11H,4-9H2,1-3H3,(H,14,16). The topological polar surface area (TPSA) is 92.8 Å². The van der Waals surface area contributed by atoms with Gasteiger partial charge >= 0.3 is 0 Å². The Bertz CT molecular complexity index is 469. The van der Waals surface area contributed by atoms with Crippen LogP contribution >= 0.6 is 0 Å². The van der Waals surface area contributed by atoms with Crippen molar-refractivity contribution in [3.05, 3.63) is 0 Å². The Morgan fingerprint density at radius 2 is 1.76 bits per heavy atom. The lowest BCUT2D eigenvalue weighted by Crippen LogP contribution is -2.43. The summed E-state index contributed by atoms with van der Waals surface area (Å²) in [5.74, 6) is -1.62. The molecule has 1 aliphatic heterocycles. The number of hydrogen-bond acceptors (Lipinski definition) is 5. The van der Waals surface area contributed by atoms with Crippen LogP contribution in [0.15, 0.2) is 0 Å². The number of hydrogen-bond donors (Lipinski definition) is 1. The van der Waals surface area contributed by atoms with Gasteiger partial charge in [0, 0.05) is 24.9 Å². The van der Waals surface area contributed by atoms with E-state index in [4.69, 9.17) is 4.74 Å². The van der Waals surface area contributed by atoms with Crippen LogP contribution in [-0.2, 0) is 24.3 Å². The molecule has 1 fully saturated rings. The highest BCUT2D eigenvalue weighted by Crippen LogP contribution is 2.11. The molecule has 0 spiro atoms. The summed E-state index contributed by atoms with van der Waals surface area (Å²) >= 11 is 0. The van der Waals surface area contributed by atoms with E-state index in [0.29, 0.717) is 26.3 Å². The third-order valence-corrected chi connectivity index (χ3v) is 4.63. The molecule has 1 aliphatic rings. The van der Waals surface area contributed by atoms with E-state index in [0.717, 1.165) is 0 Å². The first kappa shape index (κ1) is 17.9. The zero-order valence-corrected chi connectivity index (χ0v) is 13.6. The van der Waals surface area contributed by atoms with Crippen molar-refractivity contribution in [2.24, 2.45) is 11.8 Å². The molecule has 21 heavy (non-hydrogen) atoms. The Morgan fingerprint density at radius 1 is 1.19 bits per heavy atom. The van der Waals surface area contributed by atoms with Gasteiger partial charge in [-0.25, -0.2) is 8.42 Å². The molecule has 0 aromatic heterocycles. The van der Waals surface area contributed by atoms with Crippen molar-refractivity contribution in [2.45, 2.75) is 27.2 Å². The van der Waals surface area contributed by atoms with Crippen molar-refractivity contribution in [3.8, 4) is 0 Å². The third kappa shape index (κ3) is 6.01. The molecule has 0 radical (unpaired) electrons. The van der Waals surface area contributed by atoms with Crippen LogP contribution in [0.3, 0.4) is 0 Å². The van der Waals surface area contributed by atoms with Crippen molar-refractivity contribution in [1.29, 1.82) is 0 Å². The monoisotopic (exact) mass is 320 g/mol. The van der Waals surface area contributed by atoms with Gasteiger partial charge in [0.2, 0.25) is 21.8 Å². The number of nitrogens with zero attached hydrogens (tertiary/aromatic N) is 1. The van der Waals surface area contributed by atoms with Gasteiger partial charge in [0.25, 0.3) is 0 Å². The van der Waals surface area contributed by atoms with Crippen LogP contribution in [0.1, 0.15) is 27.2 Å². The van der Waals surface area contributed by atoms with Crippen LogP contribution < -0.4 is 4.72 Å². The quantitative estimate of drug-likeness (QED) is 0.742. The maximum atomic E-state index is 12.1. The summed E-state index contributed by atoms with van der Waals surface area (Å²) in [4.78, 5) is 25.2. The first-order valence-electron chi connectivity index (χ1n) is 7.14. The largest absolute Gasteiger partial charge is 0.378 e. The molecule has 2 amide bonds. The molecule has 1 unspecified atom stereocenters. The van der Waals surface area contributed by atoms with Crippen LogP contribution in [0.5, 0.6) is 0 Å². The minimum atomic E-state index is -3.68. The molecular weight excluding hydrogens is 296 g/mol. The summed E-state index contributed by atoms with van der Waals surface area (Å²) in [5, 5.41) is 0. The lowest BCUT2D eigenvalue weighted by atomic mass is 10.1. The maximum absolute atomic E-state index is 12.1. The highest BCUT2D eigenvalue weighted by atomic mass is 32.2. The second kappa shape index (κ2) is 7.74. The van der Waals surface area contributed by atoms with Crippen LogP contribution in [-0.4, -0.2) is 57.2 Å². The molecule has 1 atom stereocenters. The molecule has 0 saturated carbocycles. The summed E-state index contributed by atoms with van der Waals surface area (Å²) in [6.45, 7) is 7.06. The molecule has 1 rings (SSSR count). The molecule has 7 nitrogen and oxygen atoms in total. The van der Waals surface area contributed by atoms with Gasteiger partial charge in [0.15, 0.2) is 0 Å². The minimum absolute atomic E-state index is 0.0660. The number of ether oxygens (including phenoxy) is 1. The molecule has 0 aromatic rings. The molecule has 0 aromatic carbocycles. The minimum Gasteiger partial charge on any atom is -0.378 e. The zero-order chi connectivity index (χ0) is 16.0. The van der Waals surface area contributed by atoms with E-state index in [1.807, 2.05) is 4.72 Å². The van der Waals surface area contributed by atoms with Crippen molar-refractivity contribution >= 4 is 21.8 Å². The van der Waals surface area contributed by atoms with Gasteiger partial charge < -0.3 is 9.64 Å². The predicted molar refractivity (Wildman–Crippen MR) is 77.9 cm³/mol. The van der Waals surface area contributed by atoms with Gasteiger partial charge in [-0.2, -0.15) is 0 Å². The van der Waals surface area contributed by atoms with E-state index in [1.54, 1.807) is 25.7 Å². The Labute approximate surface area is 126 Å². The Morgan fingerprint density at radius 3 is 2.29 bits per heavy atom. The molecule has 1 saturated heterocycles. The summed E-state index contributed by atoms with van der Waals surface area (Å²) in [6.07, 6.45) is 0.191. The molecule has 1 heterocycles. The number of rotatable bonds is 6. The average Bonchev–Trinajstić information content (AvgIpc) is 2.44. The predicted octanol–water partition coefficient (Wildman–Crippen LogP) is -0.0266. The van der Waals surface area contributed by atoms with E-state index in [1.165, 1.54) is 0 Å². The molecular formula is C13H24N2O5S. The van der Waals surface area contributed by atoms with Gasteiger partial charge in [-0.05, 0) is 6.42 Å². The van der Waals surface area contributed by atoms with Crippen LogP contribution in [0.4, 0.5) is 0 Å². The lowest BCUT2D eigenvalue weighted by molar-refractivity contribution is -0.139. The second-order valence-electron chi connectivity index (χ2n) is 5.57. The Kier molecular flexibility index (Phi) is 6.60. The number of carbonyl (C=O) groups excluding carboxylic acids is 2. The highest BCUT2D eigenvalue weighted by molar-refractivity contribution is 7.90. The van der Waals surface area contributed by atoms with E-state index in [9.17, 15) is 18.0 Å². The van der Waals surface area contributed by atoms with Gasteiger partial charge in [-0.15, -0.1) is 0 Å². The summed E-state index contributed by atoms with van der Waals surface area (Å²) < 4.78 is 30.7. The maximum Gasteiger partial charge on any atom is 0.235 e. The van der Waals surface area contributed by atoms with E-state index in [-0.39, 0.29) is 18.1 Å². The Balaban J connectivity index is 2.45. The summed E-state index contributed by atoms with van der Waals surface area (Å²) in [5.41, 5.74) is 0. The fourth-order valence-corrected chi connectivity index (χ4v) is 3.18. The third-order valence-electron chi connectivity index (χ3n) is 3.34. The lowest BCUT2D eigenvalue weighted by Gasteiger charge is -2.29. The molecule has 122 valence electrons. The zero-order valence-electron chi connectivity index (χ0n) is 12.8.